The summed E-state index contributed by atoms with van der Waals surface area (Å²) in [5.74, 6) is -0.792. The van der Waals surface area contributed by atoms with Crippen molar-refractivity contribution in [1.29, 1.82) is 0 Å². The summed E-state index contributed by atoms with van der Waals surface area (Å²) in [5.41, 5.74) is -0.828. The fourth-order valence-electron chi connectivity index (χ4n) is 1.86. The molecule has 2 unspecified atom stereocenters. The summed E-state index contributed by atoms with van der Waals surface area (Å²) in [6.45, 7) is 10.2. The number of ether oxygens (including phenoxy) is 2. The molecule has 19 heavy (non-hydrogen) atoms. The maximum atomic E-state index is 11.2. The van der Waals surface area contributed by atoms with Gasteiger partial charge in [0.1, 0.15) is 5.54 Å². The SMILES string of the molecule is CCNC(C)(CCCCOC(C)COCC)C(=O)O. The first-order chi connectivity index (χ1) is 8.96. The van der Waals surface area contributed by atoms with Gasteiger partial charge in [-0.25, -0.2) is 0 Å². The molecular weight excluding hydrogens is 246 g/mol. The topological polar surface area (TPSA) is 67.8 Å². The van der Waals surface area contributed by atoms with Gasteiger partial charge in [-0.1, -0.05) is 6.92 Å². The maximum Gasteiger partial charge on any atom is 0.323 e. The molecule has 0 aliphatic rings. The van der Waals surface area contributed by atoms with Crippen molar-refractivity contribution in [2.24, 2.45) is 0 Å². The molecule has 114 valence electrons. The summed E-state index contributed by atoms with van der Waals surface area (Å²) >= 11 is 0. The van der Waals surface area contributed by atoms with Crippen molar-refractivity contribution in [1.82, 2.24) is 5.32 Å². The number of hydrogen-bond acceptors (Lipinski definition) is 4. The standard InChI is InChI=1S/C14H29NO4/c1-5-15-14(4,13(16)17)9-7-8-10-19-12(3)11-18-6-2/h12,15H,5-11H2,1-4H3,(H,16,17). The summed E-state index contributed by atoms with van der Waals surface area (Å²) in [4.78, 5) is 11.2. The average Bonchev–Trinajstić information content (AvgIpc) is 2.36. The molecule has 0 aliphatic heterocycles. The molecule has 0 rings (SSSR count). The number of unbranched alkanes of at least 4 members (excludes halogenated alkanes) is 1. The van der Waals surface area contributed by atoms with Crippen molar-refractivity contribution < 1.29 is 19.4 Å². The van der Waals surface area contributed by atoms with Gasteiger partial charge in [0.2, 0.25) is 0 Å². The second kappa shape index (κ2) is 10.2. The first-order valence-corrected chi connectivity index (χ1v) is 7.14. The van der Waals surface area contributed by atoms with E-state index in [1.165, 1.54) is 0 Å². The molecular formula is C14H29NO4. The first kappa shape index (κ1) is 18.4. The van der Waals surface area contributed by atoms with Crippen molar-refractivity contribution >= 4 is 5.97 Å². The van der Waals surface area contributed by atoms with Crippen molar-refractivity contribution in [2.75, 3.05) is 26.4 Å². The van der Waals surface area contributed by atoms with Gasteiger partial charge in [0.25, 0.3) is 0 Å². The molecule has 0 aliphatic carbocycles. The Bertz CT molecular complexity index is 248. The van der Waals surface area contributed by atoms with Gasteiger partial charge in [-0.2, -0.15) is 0 Å². The summed E-state index contributed by atoms with van der Waals surface area (Å²) in [6.07, 6.45) is 2.40. The zero-order chi connectivity index (χ0) is 14.7. The second-order valence-corrected chi connectivity index (χ2v) is 4.97. The van der Waals surface area contributed by atoms with Gasteiger partial charge in [0.05, 0.1) is 12.7 Å². The van der Waals surface area contributed by atoms with E-state index in [2.05, 4.69) is 5.32 Å². The molecule has 0 aromatic heterocycles. The highest BCUT2D eigenvalue weighted by molar-refractivity contribution is 5.78. The Morgan fingerprint density at radius 1 is 1.37 bits per heavy atom. The van der Waals surface area contributed by atoms with Gasteiger partial charge in [0.15, 0.2) is 0 Å². The van der Waals surface area contributed by atoms with E-state index in [1.54, 1.807) is 6.92 Å². The van der Waals surface area contributed by atoms with Crippen LogP contribution in [0.1, 0.15) is 47.0 Å². The third kappa shape index (κ3) is 8.18. The lowest BCUT2D eigenvalue weighted by molar-refractivity contribution is -0.144. The number of likely N-dealkylation sites (N-methyl/N-ethyl adjacent to an activating group) is 1. The summed E-state index contributed by atoms with van der Waals surface area (Å²) in [6, 6.07) is 0. The lowest BCUT2D eigenvalue weighted by atomic mass is 9.95. The van der Waals surface area contributed by atoms with Crippen LogP contribution >= 0.6 is 0 Å². The smallest absolute Gasteiger partial charge is 0.323 e. The molecule has 0 radical (unpaired) electrons. The predicted molar refractivity (Wildman–Crippen MR) is 75.5 cm³/mol. The molecule has 0 bridgehead atoms. The molecule has 0 heterocycles. The Labute approximate surface area is 116 Å². The first-order valence-electron chi connectivity index (χ1n) is 7.14. The van der Waals surface area contributed by atoms with Gasteiger partial charge >= 0.3 is 5.97 Å². The fourth-order valence-corrected chi connectivity index (χ4v) is 1.86. The lowest BCUT2D eigenvalue weighted by Gasteiger charge is -2.25. The Hall–Kier alpha value is -0.650. The molecule has 5 nitrogen and oxygen atoms in total. The highest BCUT2D eigenvalue weighted by Gasteiger charge is 2.30. The van der Waals surface area contributed by atoms with Crippen molar-refractivity contribution in [2.45, 2.75) is 58.6 Å². The maximum absolute atomic E-state index is 11.2. The van der Waals surface area contributed by atoms with E-state index in [0.29, 0.717) is 32.8 Å². The molecule has 2 atom stereocenters. The number of nitrogens with one attached hydrogen (secondary N) is 1. The number of rotatable bonds is 12. The summed E-state index contributed by atoms with van der Waals surface area (Å²) < 4.78 is 10.8. The molecule has 0 aromatic rings. The van der Waals surface area contributed by atoms with E-state index in [9.17, 15) is 9.90 Å². The van der Waals surface area contributed by atoms with Crippen LogP contribution in [-0.4, -0.2) is 49.1 Å². The lowest BCUT2D eigenvalue weighted by Crippen LogP contribution is -2.49. The van der Waals surface area contributed by atoms with Crippen LogP contribution in [0, 0.1) is 0 Å². The van der Waals surface area contributed by atoms with E-state index in [0.717, 1.165) is 12.8 Å². The van der Waals surface area contributed by atoms with Gasteiger partial charge < -0.3 is 19.9 Å². The van der Waals surface area contributed by atoms with Crippen LogP contribution in [0.3, 0.4) is 0 Å². The van der Waals surface area contributed by atoms with Crippen LogP contribution in [0.4, 0.5) is 0 Å². The monoisotopic (exact) mass is 275 g/mol. The molecule has 2 N–H and O–H groups in total. The van der Waals surface area contributed by atoms with Crippen LogP contribution in [0.2, 0.25) is 0 Å². The van der Waals surface area contributed by atoms with E-state index in [4.69, 9.17) is 9.47 Å². The van der Waals surface area contributed by atoms with Gasteiger partial charge in [-0.3, -0.25) is 4.79 Å². The van der Waals surface area contributed by atoms with Crippen LogP contribution < -0.4 is 5.32 Å². The zero-order valence-corrected chi connectivity index (χ0v) is 12.7. The van der Waals surface area contributed by atoms with E-state index in [1.807, 2.05) is 20.8 Å². The van der Waals surface area contributed by atoms with E-state index >= 15 is 0 Å². The predicted octanol–water partition coefficient (Wildman–Crippen LogP) is 2.05. The number of carboxylic acids is 1. The zero-order valence-electron chi connectivity index (χ0n) is 12.7. The third-order valence-electron chi connectivity index (χ3n) is 3.07. The van der Waals surface area contributed by atoms with E-state index < -0.39 is 11.5 Å². The minimum absolute atomic E-state index is 0.0968. The van der Waals surface area contributed by atoms with Crippen molar-refractivity contribution in [3.8, 4) is 0 Å². The van der Waals surface area contributed by atoms with Gasteiger partial charge in [0, 0.05) is 13.2 Å². The normalized spacial score (nSPS) is 16.0. The number of hydrogen-bond donors (Lipinski definition) is 2. The molecule has 5 heteroatoms. The third-order valence-corrected chi connectivity index (χ3v) is 3.07. The van der Waals surface area contributed by atoms with Crippen molar-refractivity contribution in [3.05, 3.63) is 0 Å². The number of carbonyl (C=O) groups is 1. The Balaban J connectivity index is 3.74. The Morgan fingerprint density at radius 2 is 2.05 bits per heavy atom. The molecule has 0 saturated carbocycles. The molecule has 0 amide bonds. The second-order valence-electron chi connectivity index (χ2n) is 4.97. The van der Waals surface area contributed by atoms with Gasteiger partial charge in [-0.05, 0) is 46.6 Å². The molecule has 0 aromatic carbocycles. The summed E-state index contributed by atoms with van der Waals surface area (Å²) in [5, 5.41) is 12.2. The summed E-state index contributed by atoms with van der Waals surface area (Å²) in [7, 11) is 0. The minimum Gasteiger partial charge on any atom is -0.480 e. The Morgan fingerprint density at radius 3 is 2.58 bits per heavy atom. The number of aliphatic carboxylic acids is 1. The highest BCUT2D eigenvalue weighted by Crippen LogP contribution is 2.14. The van der Waals surface area contributed by atoms with Gasteiger partial charge in [-0.15, -0.1) is 0 Å². The van der Waals surface area contributed by atoms with Crippen LogP contribution in [0.25, 0.3) is 0 Å². The Kier molecular flexibility index (Phi) is 9.83. The fraction of sp³-hybridized carbons (Fsp3) is 0.929. The minimum atomic E-state index is -0.828. The number of carboxylic acid groups (broad SMARTS) is 1. The van der Waals surface area contributed by atoms with Crippen LogP contribution in [0.5, 0.6) is 0 Å². The molecule has 0 spiro atoms. The highest BCUT2D eigenvalue weighted by atomic mass is 16.5. The quantitative estimate of drug-likeness (QED) is 0.534. The molecule has 0 saturated heterocycles. The van der Waals surface area contributed by atoms with Crippen LogP contribution in [0.15, 0.2) is 0 Å². The average molecular weight is 275 g/mol. The molecule has 0 fully saturated rings. The largest absolute Gasteiger partial charge is 0.480 e. The van der Waals surface area contributed by atoms with Crippen LogP contribution in [-0.2, 0) is 14.3 Å². The van der Waals surface area contributed by atoms with Crippen molar-refractivity contribution in [3.63, 3.8) is 0 Å². The van der Waals surface area contributed by atoms with E-state index in [-0.39, 0.29) is 6.10 Å².